The van der Waals surface area contributed by atoms with E-state index in [1.165, 1.54) is 14.0 Å². The van der Waals surface area contributed by atoms with Gasteiger partial charge in [0.2, 0.25) is 5.91 Å². The number of hydrogen-bond acceptors (Lipinski definition) is 4. The molecule has 0 saturated carbocycles. The summed E-state index contributed by atoms with van der Waals surface area (Å²) in [7, 11) is 2.96. The molecule has 1 heterocycles. The lowest BCUT2D eigenvalue weighted by Crippen LogP contribution is -2.18. The summed E-state index contributed by atoms with van der Waals surface area (Å²) >= 11 is 0. The van der Waals surface area contributed by atoms with E-state index in [2.05, 4.69) is 10.2 Å². The first-order valence-corrected chi connectivity index (χ1v) is 6.57. The summed E-state index contributed by atoms with van der Waals surface area (Å²) in [4.78, 5) is 22.6. The van der Waals surface area contributed by atoms with Crippen LogP contribution in [0.25, 0.3) is 10.9 Å². The van der Waals surface area contributed by atoms with Crippen LogP contribution in [0, 0.1) is 0 Å². The Morgan fingerprint density at radius 1 is 1.29 bits per heavy atom. The molecule has 6 heteroatoms. The predicted molar refractivity (Wildman–Crippen MR) is 78.9 cm³/mol. The highest BCUT2D eigenvalue weighted by Gasteiger charge is 2.12. The van der Waals surface area contributed by atoms with E-state index in [9.17, 15) is 9.59 Å². The lowest BCUT2D eigenvalue weighted by molar-refractivity contribution is -0.140. The smallest absolute Gasteiger partial charge is 0.305 e. The first-order valence-electron chi connectivity index (χ1n) is 6.57. The second-order valence-electron chi connectivity index (χ2n) is 4.65. The van der Waals surface area contributed by atoms with Crippen molar-refractivity contribution in [2.75, 3.05) is 19.6 Å². The number of aryl methyl sites for hydroxylation is 1. The SMILES string of the molecule is COC(=O)CCc1cn(NC(C)=O)c2ccc(OC)cc12. The number of carbonyl (C=O) groups is 2. The summed E-state index contributed by atoms with van der Waals surface area (Å²) in [6.45, 7) is 1.45. The van der Waals surface area contributed by atoms with Crippen LogP contribution in [0.1, 0.15) is 18.9 Å². The van der Waals surface area contributed by atoms with Crippen molar-refractivity contribution < 1.29 is 19.1 Å². The average molecular weight is 290 g/mol. The van der Waals surface area contributed by atoms with Crippen LogP contribution in [0.3, 0.4) is 0 Å². The van der Waals surface area contributed by atoms with Crippen LogP contribution in [-0.2, 0) is 20.7 Å². The molecule has 2 aromatic rings. The van der Waals surface area contributed by atoms with E-state index in [1.54, 1.807) is 11.8 Å². The summed E-state index contributed by atoms with van der Waals surface area (Å²) in [5, 5.41) is 0.937. The van der Waals surface area contributed by atoms with Crippen molar-refractivity contribution >= 4 is 22.8 Å². The standard InChI is InChI=1S/C15H18N2O4/c1-10(18)16-17-9-11(4-7-15(19)21-3)13-8-12(20-2)5-6-14(13)17/h5-6,8-9H,4,7H2,1-3H3,(H,16,18). The van der Waals surface area contributed by atoms with Crippen LogP contribution < -0.4 is 10.2 Å². The molecule has 0 spiro atoms. The summed E-state index contributed by atoms with van der Waals surface area (Å²) in [5.41, 5.74) is 4.53. The zero-order valence-electron chi connectivity index (χ0n) is 12.3. The number of nitrogens with zero attached hydrogens (tertiary/aromatic N) is 1. The Balaban J connectivity index is 2.41. The van der Waals surface area contributed by atoms with Crippen LogP contribution in [0.2, 0.25) is 0 Å². The van der Waals surface area contributed by atoms with Gasteiger partial charge in [0.15, 0.2) is 0 Å². The van der Waals surface area contributed by atoms with E-state index in [-0.39, 0.29) is 18.3 Å². The third-order valence-corrected chi connectivity index (χ3v) is 3.20. The third-order valence-electron chi connectivity index (χ3n) is 3.20. The Kier molecular flexibility index (Phi) is 4.47. The first-order chi connectivity index (χ1) is 10.0. The normalized spacial score (nSPS) is 10.4. The second kappa shape index (κ2) is 6.30. The Labute approximate surface area is 122 Å². The van der Waals surface area contributed by atoms with Gasteiger partial charge in [0.25, 0.3) is 0 Å². The fraction of sp³-hybridized carbons (Fsp3) is 0.333. The van der Waals surface area contributed by atoms with Gasteiger partial charge in [0.05, 0.1) is 19.7 Å². The lowest BCUT2D eigenvalue weighted by Gasteiger charge is -2.05. The molecule has 0 radical (unpaired) electrons. The fourth-order valence-corrected chi connectivity index (χ4v) is 2.20. The molecule has 21 heavy (non-hydrogen) atoms. The first kappa shape index (κ1) is 14.9. The quantitative estimate of drug-likeness (QED) is 0.853. The van der Waals surface area contributed by atoms with Crippen molar-refractivity contribution in [1.82, 2.24) is 4.68 Å². The Morgan fingerprint density at radius 3 is 2.67 bits per heavy atom. The monoisotopic (exact) mass is 290 g/mol. The van der Waals surface area contributed by atoms with Gasteiger partial charge < -0.3 is 9.47 Å². The van der Waals surface area contributed by atoms with Crippen molar-refractivity contribution in [3.63, 3.8) is 0 Å². The molecule has 0 aliphatic heterocycles. The molecule has 6 nitrogen and oxygen atoms in total. The minimum absolute atomic E-state index is 0.165. The Bertz CT molecular complexity index is 676. The van der Waals surface area contributed by atoms with Gasteiger partial charge in [-0.2, -0.15) is 0 Å². The van der Waals surface area contributed by atoms with Crippen molar-refractivity contribution in [2.24, 2.45) is 0 Å². The number of rotatable bonds is 5. The average Bonchev–Trinajstić information content (AvgIpc) is 2.81. The van der Waals surface area contributed by atoms with Gasteiger partial charge in [-0.1, -0.05) is 0 Å². The number of nitrogens with one attached hydrogen (secondary N) is 1. The maximum absolute atomic E-state index is 11.3. The highest BCUT2D eigenvalue weighted by atomic mass is 16.5. The molecule has 2 rings (SSSR count). The van der Waals surface area contributed by atoms with Gasteiger partial charge in [-0.3, -0.25) is 19.7 Å². The predicted octanol–water partition coefficient (Wildman–Crippen LogP) is 1.85. The van der Waals surface area contributed by atoms with Crippen LogP contribution in [0.5, 0.6) is 5.75 Å². The van der Waals surface area contributed by atoms with E-state index in [1.807, 2.05) is 24.4 Å². The van der Waals surface area contributed by atoms with Crippen LogP contribution in [0.4, 0.5) is 0 Å². The van der Waals surface area contributed by atoms with Crippen LogP contribution >= 0.6 is 0 Å². The number of fused-ring (bicyclic) bond motifs is 1. The molecule has 0 unspecified atom stereocenters. The number of benzene rings is 1. The second-order valence-corrected chi connectivity index (χ2v) is 4.65. The van der Waals surface area contributed by atoms with Crippen LogP contribution in [0.15, 0.2) is 24.4 Å². The van der Waals surface area contributed by atoms with Crippen LogP contribution in [-0.4, -0.2) is 30.8 Å². The summed E-state index contributed by atoms with van der Waals surface area (Å²) in [5.74, 6) is 0.294. The Hall–Kier alpha value is -2.50. The number of carbonyl (C=O) groups excluding carboxylic acids is 2. The topological polar surface area (TPSA) is 69.6 Å². The molecule has 1 aromatic carbocycles. The fourth-order valence-electron chi connectivity index (χ4n) is 2.20. The molecular weight excluding hydrogens is 272 g/mol. The minimum Gasteiger partial charge on any atom is -0.497 e. The molecule has 0 aliphatic carbocycles. The molecular formula is C15H18N2O4. The van der Waals surface area contributed by atoms with Gasteiger partial charge in [-0.15, -0.1) is 0 Å². The molecule has 0 bridgehead atoms. The van der Waals surface area contributed by atoms with Gasteiger partial charge in [-0.25, -0.2) is 0 Å². The van der Waals surface area contributed by atoms with Gasteiger partial charge in [-0.05, 0) is 30.2 Å². The summed E-state index contributed by atoms with van der Waals surface area (Å²) < 4.78 is 11.5. The number of amides is 1. The maximum Gasteiger partial charge on any atom is 0.305 e. The highest BCUT2D eigenvalue weighted by molar-refractivity contribution is 5.89. The van der Waals surface area contributed by atoms with E-state index in [4.69, 9.17) is 4.74 Å². The molecule has 0 atom stereocenters. The highest BCUT2D eigenvalue weighted by Crippen LogP contribution is 2.26. The van der Waals surface area contributed by atoms with Gasteiger partial charge >= 0.3 is 5.97 Å². The summed E-state index contributed by atoms with van der Waals surface area (Å²) in [6.07, 6.45) is 2.63. The molecule has 0 aliphatic rings. The molecule has 1 N–H and O–H groups in total. The van der Waals surface area contributed by atoms with E-state index < -0.39 is 0 Å². The van der Waals surface area contributed by atoms with E-state index in [0.717, 1.165) is 22.2 Å². The lowest BCUT2D eigenvalue weighted by atomic mass is 10.1. The number of esters is 1. The third kappa shape index (κ3) is 3.34. The van der Waals surface area contributed by atoms with Gasteiger partial charge in [0.1, 0.15) is 5.75 Å². The van der Waals surface area contributed by atoms with Crippen molar-refractivity contribution in [3.05, 3.63) is 30.0 Å². The molecule has 1 amide bonds. The molecule has 0 fully saturated rings. The number of ether oxygens (including phenoxy) is 2. The maximum atomic E-state index is 11.3. The zero-order chi connectivity index (χ0) is 15.4. The number of methoxy groups -OCH3 is 2. The minimum atomic E-state index is -0.265. The van der Waals surface area contributed by atoms with E-state index in [0.29, 0.717) is 6.42 Å². The van der Waals surface area contributed by atoms with Crippen molar-refractivity contribution in [1.29, 1.82) is 0 Å². The zero-order valence-corrected chi connectivity index (χ0v) is 12.3. The molecule has 112 valence electrons. The molecule has 1 aromatic heterocycles. The van der Waals surface area contributed by atoms with Gasteiger partial charge in [0, 0.05) is 24.9 Å². The largest absolute Gasteiger partial charge is 0.497 e. The van der Waals surface area contributed by atoms with Crippen molar-refractivity contribution in [2.45, 2.75) is 19.8 Å². The van der Waals surface area contributed by atoms with E-state index >= 15 is 0 Å². The Morgan fingerprint density at radius 2 is 2.05 bits per heavy atom. The molecule has 0 saturated heterocycles. The summed E-state index contributed by atoms with van der Waals surface area (Å²) in [6, 6.07) is 5.58. The number of hydrogen-bond donors (Lipinski definition) is 1. The number of aromatic nitrogens is 1. The van der Waals surface area contributed by atoms with Crippen molar-refractivity contribution in [3.8, 4) is 5.75 Å².